The van der Waals surface area contributed by atoms with Crippen LogP contribution in [0.4, 0.5) is 0 Å². The van der Waals surface area contributed by atoms with Crippen LogP contribution < -0.4 is 10.1 Å². The predicted molar refractivity (Wildman–Crippen MR) is 119 cm³/mol. The zero-order chi connectivity index (χ0) is 21.5. The second-order valence-electron chi connectivity index (χ2n) is 6.84. The van der Waals surface area contributed by atoms with Crippen molar-refractivity contribution in [3.63, 3.8) is 0 Å². The Kier molecular flexibility index (Phi) is 7.30. The molecule has 0 spiro atoms. The molecule has 3 rings (SSSR count). The molecular weight excluding hydrogens is 398 g/mol. The summed E-state index contributed by atoms with van der Waals surface area (Å²) in [5.41, 5.74) is 2.67. The van der Waals surface area contributed by atoms with Crippen LogP contribution in [0.25, 0.3) is 5.69 Å². The molecule has 0 saturated carbocycles. The molecule has 0 aliphatic heterocycles. The topological polar surface area (TPSA) is 73.2 Å². The van der Waals surface area contributed by atoms with E-state index < -0.39 is 0 Å². The third-order valence-corrected chi connectivity index (χ3v) is 5.70. The van der Waals surface area contributed by atoms with Gasteiger partial charge in [-0.05, 0) is 31.0 Å². The van der Waals surface area contributed by atoms with Gasteiger partial charge < -0.3 is 10.1 Å². The maximum absolute atomic E-state index is 12.9. The Balaban J connectivity index is 1.66. The molecular formula is C23H25N3O3S. The fraction of sp³-hybridized carbons (Fsp3) is 0.261. The number of ketones is 1. The van der Waals surface area contributed by atoms with E-state index in [0.717, 1.165) is 28.6 Å². The minimum atomic E-state index is -0.290. The molecule has 0 aliphatic rings. The zero-order valence-electron chi connectivity index (χ0n) is 17.3. The van der Waals surface area contributed by atoms with Gasteiger partial charge in [-0.15, -0.1) is 0 Å². The molecule has 1 heterocycles. The summed E-state index contributed by atoms with van der Waals surface area (Å²) < 4.78 is 7.25. The Morgan fingerprint density at radius 1 is 1.20 bits per heavy atom. The minimum Gasteiger partial charge on any atom is -0.497 e. The van der Waals surface area contributed by atoms with Gasteiger partial charge in [0.25, 0.3) is 0 Å². The highest BCUT2D eigenvalue weighted by atomic mass is 32.2. The predicted octanol–water partition coefficient (Wildman–Crippen LogP) is 3.92. The lowest BCUT2D eigenvalue weighted by Crippen LogP contribution is -2.22. The van der Waals surface area contributed by atoms with Gasteiger partial charge in [0, 0.05) is 37.5 Å². The Labute approximate surface area is 180 Å². The third-order valence-electron chi connectivity index (χ3n) is 4.62. The summed E-state index contributed by atoms with van der Waals surface area (Å²) in [7, 11) is 1.63. The first kappa shape index (κ1) is 21.6. The molecule has 7 heteroatoms. The molecule has 2 aromatic carbocycles. The van der Waals surface area contributed by atoms with E-state index in [1.807, 2.05) is 66.2 Å². The summed E-state index contributed by atoms with van der Waals surface area (Å²) in [6, 6.07) is 15.3. The van der Waals surface area contributed by atoms with Crippen molar-refractivity contribution in [2.75, 3.05) is 13.7 Å². The number of nitrogens with one attached hydrogen (secondary N) is 1. The lowest BCUT2D eigenvalue weighted by Gasteiger charge is -2.13. The summed E-state index contributed by atoms with van der Waals surface area (Å²) in [6.07, 6.45) is 4.33. The van der Waals surface area contributed by atoms with Crippen LogP contribution in [-0.2, 0) is 11.2 Å². The van der Waals surface area contributed by atoms with Crippen LogP contribution in [0.2, 0.25) is 0 Å². The quantitative estimate of drug-likeness (QED) is 0.417. The number of carbonyl (C=O) groups excluding carboxylic acids is 2. The molecule has 1 atom stereocenters. The normalized spacial score (nSPS) is 11.7. The van der Waals surface area contributed by atoms with Crippen LogP contribution in [0.15, 0.2) is 66.1 Å². The summed E-state index contributed by atoms with van der Waals surface area (Å²) >= 11 is 1.42. The first-order chi connectivity index (χ1) is 14.5. The number of hydrogen-bond acceptors (Lipinski definition) is 5. The molecule has 6 nitrogen and oxygen atoms in total. The minimum absolute atomic E-state index is 0.0417. The number of ether oxygens (including phenoxy) is 1. The molecule has 0 radical (unpaired) electrons. The maximum Gasteiger partial charge on any atom is 0.216 e. The van der Waals surface area contributed by atoms with Crippen molar-refractivity contribution >= 4 is 23.5 Å². The molecule has 1 N–H and O–H groups in total. The van der Waals surface area contributed by atoms with E-state index >= 15 is 0 Å². The Bertz CT molecular complexity index is 1010. The summed E-state index contributed by atoms with van der Waals surface area (Å²) in [4.78, 5) is 28.3. The maximum atomic E-state index is 12.9. The highest BCUT2D eigenvalue weighted by molar-refractivity contribution is 8.00. The Morgan fingerprint density at radius 3 is 2.67 bits per heavy atom. The summed E-state index contributed by atoms with van der Waals surface area (Å²) in [5.74, 6) is 0.772. The summed E-state index contributed by atoms with van der Waals surface area (Å²) in [5, 5.41) is 3.23. The number of aromatic nitrogens is 2. The SMILES string of the molecule is COc1cccc(-n2ccnc2S[C@H](C)C(=O)c2ccc(CCNC(C)=O)cc2)c1. The average molecular weight is 424 g/mol. The lowest BCUT2D eigenvalue weighted by molar-refractivity contribution is -0.118. The van der Waals surface area contributed by atoms with Crippen LogP contribution >= 0.6 is 11.8 Å². The van der Waals surface area contributed by atoms with Gasteiger partial charge in [0.1, 0.15) is 5.75 Å². The van der Waals surface area contributed by atoms with E-state index in [2.05, 4.69) is 10.3 Å². The van der Waals surface area contributed by atoms with E-state index in [9.17, 15) is 9.59 Å². The van der Waals surface area contributed by atoms with Gasteiger partial charge in [0.2, 0.25) is 5.91 Å². The van der Waals surface area contributed by atoms with Crippen LogP contribution in [0.1, 0.15) is 29.8 Å². The van der Waals surface area contributed by atoms with Gasteiger partial charge in [-0.2, -0.15) is 0 Å². The number of carbonyl (C=O) groups is 2. The highest BCUT2D eigenvalue weighted by Crippen LogP contribution is 2.28. The van der Waals surface area contributed by atoms with Gasteiger partial charge in [-0.1, -0.05) is 42.1 Å². The summed E-state index contributed by atoms with van der Waals surface area (Å²) in [6.45, 7) is 3.98. The number of Topliss-reactive ketones (excluding diaryl/α,β-unsaturated/α-hetero) is 1. The average Bonchev–Trinajstić information content (AvgIpc) is 3.21. The molecule has 3 aromatic rings. The van der Waals surface area contributed by atoms with Crippen molar-refractivity contribution in [2.45, 2.75) is 30.7 Å². The molecule has 0 fully saturated rings. The van der Waals surface area contributed by atoms with Crippen molar-refractivity contribution in [3.05, 3.63) is 72.1 Å². The van der Waals surface area contributed by atoms with Gasteiger partial charge in [-0.25, -0.2) is 4.98 Å². The van der Waals surface area contributed by atoms with Crippen LogP contribution in [0.5, 0.6) is 5.75 Å². The van der Waals surface area contributed by atoms with Gasteiger partial charge >= 0.3 is 0 Å². The van der Waals surface area contributed by atoms with Crippen molar-refractivity contribution in [2.24, 2.45) is 0 Å². The first-order valence-corrected chi connectivity index (χ1v) is 10.6. The van der Waals surface area contributed by atoms with Crippen molar-refractivity contribution in [3.8, 4) is 11.4 Å². The van der Waals surface area contributed by atoms with Gasteiger partial charge in [0.05, 0.1) is 18.0 Å². The lowest BCUT2D eigenvalue weighted by atomic mass is 10.0. The van der Waals surface area contributed by atoms with Crippen LogP contribution in [0, 0.1) is 0 Å². The molecule has 0 saturated heterocycles. The number of amides is 1. The molecule has 156 valence electrons. The fourth-order valence-electron chi connectivity index (χ4n) is 3.00. The largest absolute Gasteiger partial charge is 0.497 e. The number of methoxy groups -OCH3 is 1. The van der Waals surface area contributed by atoms with Crippen LogP contribution in [-0.4, -0.2) is 40.1 Å². The van der Waals surface area contributed by atoms with Gasteiger partial charge in [-0.3, -0.25) is 14.2 Å². The van der Waals surface area contributed by atoms with Crippen molar-refractivity contribution in [1.82, 2.24) is 14.9 Å². The smallest absolute Gasteiger partial charge is 0.216 e. The van der Waals surface area contributed by atoms with E-state index in [0.29, 0.717) is 12.1 Å². The Hall–Kier alpha value is -3.06. The standard InChI is InChI=1S/C23H25N3O3S/c1-16(22(28)19-9-7-18(8-10-19)11-12-24-17(2)27)30-23-25-13-14-26(23)20-5-4-6-21(15-20)29-3/h4-10,13-16H,11-12H2,1-3H3,(H,24,27)/t16-/m1/s1. The van der Waals surface area contributed by atoms with Crippen LogP contribution in [0.3, 0.4) is 0 Å². The van der Waals surface area contributed by atoms with E-state index in [-0.39, 0.29) is 16.9 Å². The number of imidazole rings is 1. The molecule has 30 heavy (non-hydrogen) atoms. The second-order valence-corrected chi connectivity index (χ2v) is 8.14. The molecule has 0 unspecified atom stereocenters. The van der Waals surface area contributed by atoms with Gasteiger partial charge in [0.15, 0.2) is 10.9 Å². The number of nitrogens with zero attached hydrogens (tertiary/aromatic N) is 2. The first-order valence-electron chi connectivity index (χ1n) is 9.70. The second kappa shape index (κ2) is 10.1. The fourth-order valence-corrected chi connectivity index (χ4v) is 3.96. The van der Waals surface area contributed by atoms with E-state index in [1.165, 1.54) is 18.7 Å². The monoisotopic (exact) mass is 423 g/mol. The Morgan fingerprint density at radius 2 is 1.97 bits per heavy atom. The number of hydrogen-bond donors (Lipinski definition) is 1. The third kappa shape index (κ3) is 5.51. The molecule has 1 amide bonds. The number of benzene rings is 2. The molecule has 0 aliphatic carbocycles. The van der Waals surface area contributed by atoms with Crippen molar-refractivity contribution in [1.29, 1.82) is 0 Å². The number of thioether (sulfide) groups is 1. The highest BCUT2D eigenvalue weighted by Gasteiger charge is 2.19. The van der Waals surface area contributed by atoms with E-state index in [4.69, 9.17) is 4.74 Å². The van der Waals surface area contributed by atoms with E-state index in [1.54, 1.807) is 13.3 Å². The van der Waals surface area contributed by atoms with Crippen molar-refractivity contribution < 1.29 is 14.3 Å². The number of rotatable bonds is 9. The molecule has 0 bridgehead atoms. The zero-order valence-corrected chi connectivity index (χ0v) is 18.1. The molecule has 1 aromatic heterocycles.